The SMILES string of the molecule is CC1(N)NC=Nc2c1ncn2[C@@H]1O[C@H](CO)[C@@H](O)[C@H]1O. The van der Waals surface area contributed by atoms with E-state index in [1.165, 1.54) is 17.2 Å². The number of nitrogens with zero attached hydrogens (tertiary/aromatic N) is 3. The lowest BCUT2D eigenvalue weighted by Crippen LogP contribution is -2.49. The maximum absolute atomic E-state index is 10.0. The van der Waals surface area contributed by atoms with Crippen LogP contribution in [0.4, 0.5) is 5.82 Å². The van der Waals surface area contributed by atoms with Gasteiger partial charge < -0.3 is 31.1 Å². The standard InChI is InChI=1S/C11H17N5O4/c1-11(12)8-9(13-3-15-11)16(4-14-8)10-7(19)6(18)5(2-17)20-10/h3-7,10,17-19H,2,12H2,1H3,(H,13,15)/t5-,6-,7-,10-,11?/m1/s1. The lowest BCUT2D eigenvalue weighted by Gasteiger charge is -2.27. The number of ether oxygens (including phenoxy) is 1. The van der Waals surface area contributed by atoms with Crippen LogP contribution in [-0.4, -0.2) is 56.1 Å². The molecule has 0 saturated carbocycles. The number of nitrogens with one attached hydrogen (secondary N) is 1. The van der Waals surface area contributed by atoms with Crippen molar-refractivity contribution in [2.24, 2.45) is 10.7 Å². The van der Waals surface area contributed by atoms with Crippen LogP contribution in [0.3, 0.4) is 0 Å². The highest BCUT2D eigenvalue weighted by molar-refractivity contribution is 5.66. The highest BCUT2D eigenvalue weighted by Crippen LogP contribution is 2.36. The van der Waals surface area contributed by atoms with Crippen LogP contribution in [0, 0.1) is 0 Å². The molecule has 6 N–H and O–H groups in total. The third-order valence-corrected chi connectivity index (χ3v) is 3.60. The van der Waals surface area contributed by atoms with Crippen LogP contribution in [0.1, 0.15) is 18.8 Å². The molecule has 0 aromatic carbocycles. The summed E-state index contributed by atoms with van der Waals surface area (Å²) in [4.78, 5) is 8.34. The number of rotatable bonds is 2. The number of nitrogens with two attached hydrogens (primary N) is 1. The van der Waals surface area contributed by atoms with Crippen LogP contribution >= 0.6 is 0 Å². The fraction of sp³-hybridized carbons (Fsp3) is 0.636. The number of aromatic nitrogens is 2. The van der Waals surface area contributed by atoms with Crippen molar-refractivity contribution in [2.75, 3.05) is 6.61 Å². The van der Waals surface area contributed by atoms with Gasteiger partial charge in [-0.1, -0.05) is 0 Å². The molecule has 2 aliphatic heterocycles. The Balaban J connectivity index is 1.98. The second-order valence-corrected chi connectivity index (χ2v) is 5.16. The first-order valence-corrected chi connectivity index (χ1v) is 6.24. The van der Waals surface area contributed by atoms with Gasteiger partial charge in [-0.25, -0.2) is 9.98 Å². The summed E-state index contributed by atoms with van der Waals surface area (Å²) >= 11 is 0. The van der Waals surface area contributed by atoms with E-state index >= 15 is 0 Å². The summed E-state index contributed by atoms with van der Waals surface area (Å²) in [5, 5.41) is 31.8. The molecule has 110 valence electrons. The predicted molar refractivity (Wildman–Crippen MR) is 68.1 cm³/mol. The minimum atomic E-state index is -1.18. The highest BCUT2D eigenvalue weighted by Gasteiger charge is 2.45. The van der Waals surface area contributed by atoms with E-state index in [0.29, 0.717) is 11.5 Å². The molecule has 1 unspecified atom stereocenters. The molecule has 3 heterocycles. The zero-order valence-corrected chi connectivity index (χ0v) is 10.8. The van der Waals surface area contributed by atoms with E-state index in [4.69, 9.17) is 15.6 Å². The number of aliphatic hydroxyl groups is 3. The summed E-state index contributed by atoms with van der Waals surface area (Å²) in [6, 6.07) is 0. The Kier molecular flexibility index (Phi) is 3.03. The second kappa shape index (κ2) is 4.50. The molecule has 1 saturated heterocycles. The average Bonchev–Trinajstić information content (AvgIpc) is 2.94. The van der Waals surface area contributed by atoms with Crippen LogP contribution in [-0.2, 0) is 10.4 Å². The van der Waals surface area contributed by atoms with Crippen molar-refractivity contribution in [3.05, 3.63) is 12.0 Å². The molecule has 0 bridgehead atoms. The van der Waals surface area contributed by atoms with Gasteiger partial charge in [0.25, 0.3) is 0 Å². The van der Waals surface area contributed by atoms with Gasteiger partial charge in [-0.3, -0.25) is 4.57 Å². The van der Waals surface area contributed by atoms with E-state index in [9.17, 15) is 10.2 Å². The Morgan fingerprint density at radius 1 is 1.50 bits per heavy atom. The molecule has 3 rings (SSSR count). The summed E-state index contributed by atoms with van der Waals surface area (Å²) < 4.78 is 6.95. The molecule has 0 spiro atoms. The average molecular weight is 283 g/mol. The summed E-state index contributed by atoms with van der Waals surface area (Å²) in [6.45, 7) is 1.36. The molecular weight excluding hydrogens is 266 g/mol. The number of imidazole rings is 1. The monoisotopic (exact) mass is 283 g/mol. The Hall–Kier alpha value is -1.52. The molecule has 1 aromatic heterocycles. The molecule has 0 amide bonds. The smallest absolute Gasteiger partial charge is 0.165 e. The zero-order valence-electron chi connectivity index (χ0n) is 10.8. The van der Waals surface area contributed by atoms with Crippen LogP contribution < -0.4 is 11.1 Å². The number of aliphatic imine (C=N–C) groups is 1. The number of hydrogen-bond acceptors (Lipinski definition) is 8. The van der Waals surface area contributed by atoms with E-state index in [0.717, 1.165) is 0 Å². The summed E-state index contributed by atoms with van der Waals surface area (Å²) in [5.41, 5.74) is 5.68. The van der Waals surface area contributed by atoms with Crippen molar-refractivity contribution in [3.8, 4) is 0 Å². The first-order chi connectivity index (χ1) is 9.45. The molecule has 0 radical (unpaired) electrons. The zero-order chi connectivity index (χ0) is 14.5. The first-order valence-electron chi connectivity index (χ1n) is 6.24. The molecule has 2 aliphatic rings. The minimum absolute atomic E-state index is 0.384. The van der Waals surface area contributed by atoms with E-state index in [-0.39, 0.29) is 6.61 Å². The number of aliphatic hydroxyl groups excluding tert-OH is 3. The molecular formula is C11H17N5O4. The van der Waals surface area contributed by atoms with Crippen molar-refractivity contribution >= 4 is 12.2 Å². The third-order valence-electron chi connectivity index (χ3n) is 3.60. The van der Waals surface area contributed by atoms with Gasteiger partial charge in [-0.2, -0.15) is 0 Å². The van der Waals surface area contributed by atoms with Crippen molar-refractivity contribution in [3.63, 3.8) is 0 Å². The van der Waals surface area contributed by atoms with Crippen LogP contribution in [0.2, 0.25) is 0 Å². The van der Waals surface area contributed by atoms with Crippen LogP contribution in [0.15, 0.2) is 11.3 Å². The largest absolute Gasteiger partial charge is 0.394 e. The normalized spacial score (nSPS) is 39.6. The maximum atomic E-state index is 10.0. The van der Waals surface area contributed by atoms with Gasteiger partial charge in [0.2, 0.25) is 0 Å². The van der Waals surface area contributed by atoms with Crippen LogP contribution in [0.25, 0.3) is 0 Å². The topological polar surface area (TPSA) is 138 Å². The van der Waals surface area contributed by atoms with E-state index in [2.05, 4.69) is 15.3 Å². The molecule has 9 heteroatoms. The lowest BCUT2D eigenvalue weighted by molar-refractivity contribution is -0.0520. The van der Waals surface area contributed by atoms with Gasteiger partial charge in [-0.15, -0.1) is 0 Å². The van der Waals surface area contributed by atoms with Crippen molar-refractivity contribution < 1.29 is 20.1 Å². The lowest BCUT2D eigenvalue weighted by atomic mass is 10.1. The second-order valence-electron chi connectivity index (χ2n) is 5.16. The van der Waals surface area contributed by atoms with E-state index in [1.54, 1.807) is 6.92 Å². The van der Waals surface area contributed by atoms with E-state index in [1.807, 2.05) is 0 Å². The molecule has 5 atom stereocenters. The minimum Gasteiger partial charge on any atom is -0.394 e. The van der Waals surface area contributed by atoms with Gasteiger partial charge in [0.15, 0.2) is 12.0 Å². The van der Waals surface area contributed by atoms with E-state index < -0.39 is 30.2 Å². The van der Waals surface area contributed by atoms with Gasteiger partial charge in [0, 0.05) is 0 Å². The Morgan fingerprint density at radius 2 is 2.25 bits per heavy atom. The summed E-state index contributed by atoms with van der Waals surface area (Å²) in [7, 11) is 0. The molecule has 1 aromatic rings. The van der Waals surface area contributed by atoms with Gasteiger partial charge >= 0.3 is 0 Å². The summed E-state index contributed by atoms with van der Waals surface area (Å²) in [6.07, 6.45) is -1.17. The number of hydrogen-bond donors (Lipinski definition) is 5. The Bertz CT molecular complexity index is 543. The third kappa shape index (κ3) is 1.83. The molecule has 0 aliphatic carbocycles. The van der Waals surface area contributed by atoms with Crippen molar-refractivity contribution in [2.45, 2.75) is 37.1 Å². The highest BCUT2D eigenvalue weighted by atomic mass is 16.6. The quantitative estimate of drug-likeness (QED) is 0.418. The first kappa shape index (κ1) is 13.5. The van der Waals surface area contributed by atoms with Gasteiger partial charge in [0.05, 0.1) is 19.3 Å². The molecule has 9 nitrogen and oxygen atoms in total. The summed E-state index contributed by atoms with van der Waals surface area (Å²) in [5.74, 6) is 0.448. The van der Waals surface area contributed by atoms with Gasteiger partial charge in [0.1, 0.15) is 29.7 Å². The fourth-order valence-corrected chi connectivity index (χ4v) is 2.44. The Labute approximate surface area is 114 Å². The maximum Gasteiger partial charge on any atom is 0.165 e. The molecule has 20 heavy (non-hydrogen) atoms. The fourth-order valence-electron chi connectivity index (χ4n) is 2.44. The predicted octanol–water partition coefficient (Wildman–Crippen LogP) is -2.11. The van der Waals surface area contributed by atoms with Crippen molar-refractivity contribution in [1.82, 2.24) is 14.9 Å². The van der Waals surface area contributed by atoms with Crippen LogP contribution in [0.5, 0.6) is 0 Å². The Morgan fingerprint density at radius 3 is 2.90 bits per heavy atom. The van der Waals surface area contributed by atoms with Crippen molar-refractivity contribution in [1.29, 1.82) is 0 Å². The number of fused-ring (bicyclic) bond motifs is 1. The van der Waals surface area contributed by atoms with Gasteiger partial charge in [-0.05, 0) is 6.92 Å². The molecule has 1 fully saturated rings.